The molecule has 27 heavy (non-hydrogen) atoms. The van der Waals surface area contributed by atoms with E-state index in [1.54, 1.807) is 11.1 Å². The zero-order valence-electron chi connectivity index (χ0n) is 14.8. The van der Waals surface area contributed by atoms with E-state index in [1.807, 2.05) is 23.1 Å². The summed E-state index contributed by atoms with van der Waals surface area (Å²) in [5.41, 5.74) is 1.38. The van der Waals surface area contributed by atoms with Crippen molar-refractivity contribution in [1.82, 2.24) is 14.8 Å². The summed E-state index contributed by atoms with van der Waals surface area (Å²) in [5.74, 6) is -0.447. The third-order valence-electron chi connectivity index (χ3n) is 5.23. The number of pyridine rings is 1. The van der Waals surface area contributed by atoms with Crippen LogP contribution in [-0.2, 0) is 11.3 Å². The molecule has 140 valence electrons. The van der Waals surface area contributed by atoms with Crippen LogP contribution in [0.2, 0.25) is 0 Å². The van der Waals surface area contributed by atoms with E-state index in [9.17, 15) is 14.0 Å². The van der Waals surface area contributed by atoms with Crippen LogP contribution in [0.1, 0.15) is 18.5 Å². The number of nitrogens with zero attached hydrogens (tertiary/aromatic N) is 3. The molecule has 0 radical (unpaired) electrons. The van der Waals surface area contributed by atoms with Gasteiger partial charge >= 0.3 is 6.03 Å². The summed E-state index contributed by atoms with van der Waals surface area (Å²) in [6.07, 6.45) is 3.39. The minimum Gasteiger partial charge on any atom is -0.332 e. The Morgan fingerprint density at radius 1 is 1.15 bits per heavy atom. The minimum atomic E-state index is -0.350. The lowest BCUT2D eigenvalue weighted by atomic mass is 9.94. The van der Waals surface area contributed by atoms with Crippen LogP contribution in [0.15, 0.2) is 48.7 Å². The molecule has 0 aliphatic carbocycles. The van der Waals surface area contributed by atoms with E-state index in [4.69, 9.17) is 0 Å². The normalized spacial score (nSPS) is 21.9. The summed E-state index contributed by atoms with van der Waals surface area (Å²) in [7, 11) is 0. The summed E-state index contributed by atoms with van der Waals surface area (Å²) >= 11 is 0. The van der Waals surface area contributed by atoms with Gasteiger partial charge in [-0.05, 0) is 49.2 Å². The van der Waals surface area contributed by atoms with Crippen molar-refractivity contribution in [3.8, 4) is 0 Å². The predicted octanol–water partition coefficient (Wildman–Crippen LogP) is 2.88. The molecule has 3 aliphatic rings. The Bertz CT molecular complexity index is 828. The molecular formula is C20H21FN4O2. The van der Waals surface area contributed by atoms with Crippen molar-refractivity contribution in [2.24, 2.45) is 5.92 Å². The number of carbonyl (C=O) groups excluding carboxylic acids is 2. The molecule has 1 aromatic carbocycles. The summed E-state index contributed by atoms with van der Waals surface area (Å²) in [4.78, 5) is 33.4. The molecule has 1 N–H and O–H groups in total. The Kier molecular flexibility index (Phi) is 4.75. The average Bonchev–Trinajstić information content (AvgIpc) is 2.97. The van der Waals surface area contributed by atoms with Gasteiger partial charge in [0.1, 0.15) is 5.82 Å². The number of piperidine rings is 1. The van der Waals surface area contributed by atoms with Gasteiger partial charge in [-0.15, -0.1) is 0 Å². The topological polar surface area (TPSA) is 65.5 Å². The molecule has 2 bridgehead atoms. The van der Waals surface area contributed by atoms with Crippen LogP contribution in [0.3, 0.4) is 0 Å². The highest BCUT2D eigenvalue weighted by atomic mass is 19.1. The zero-order valence-corrected chi connectivity index (χ0v) is 14.8. The second-order valence-corrected chi connectivity index (χ2v) is 7.06. The highest BCUT2D eigenvalue weighted by Gasteiger charge is 2.41. The van der Waals surface area contributed by atoms with Crippen LogP contribution in [0.25, 0.3) is 0 Å². The van der Waals surface area contributed by atoms with E-state index in [1.165, 1.54) is 24.3 Å². The molecule has 0 spiro atoms. The largest absolute Gasteiger partial charge is 0.332 e. The Morgan fingerprint density at radius 2 is 1.96 bits per heavy atom. The molecule has 6 nitrogen and oxygen atoms in total. The number of hydrogen-bond acceptors (Lipinski definition) is 3. The number of fused-ring (bicyclic) bond motifs is 4. The molecule has 7 heteroatoms. The number of rotatable bonds is 3. The number of aromatic nitrogens is 1. The summed E-state index contributed by atoms with van der Waals surface area (Å²) in [5, 5.41) is 2.79. The molecule has 5 rings (SSSR count). The van der Waals surface area contributed by atoms with Gasteiger partial charge in [0, 0.05) is 31.0 Å². The van der Waals surface area contributed by atoms with E-state index >= 15 is 0 Å². The van der Waals surface area contributed by atoms with Gasteiger partial charge < -0.3 is 15.1 Å². The Morgan fingerprint density at radius 3 is 2.70 bits per heavy atom. The lowest BCUT2D eigenvalue weighted by molar-refractivity contribution is -0.140. The third-order valence-corrected chi connectivity index (χ3v) is 5.23. The van der Waals surface area contributed by atoms with E-state index in [0.29, 0.717) is 25.3 Å². The van der Waals surface area contributed by atoms with Crippen LogP contribution in [0, 0.1) is 11.7 Å². The first kappa shape index (κ1) is 17.5. The molecule has 2 aromatic rings. The van der Waals surface area contributed by atoms with Crippen molar-refractivity contribution in [1.29, 1.82) is 0 Å². The molecule has 2 atom stereocenters. The van der Waals surface area contributed by atoms with Crippen molar-refractivity contribution in [3.63, 3.8) is 0 Å². The maximum absolute atomic E-state index is 13.0. The first-order chi connectivity index (χ1) is 13.1. The third kappa shape index (κ3) is 3.77. The highest BCUT2D eigenvalue weighted by Crippen LogP contribution is 2.30. The van der Waals surface area contributed by atoms with E-state index in [2.05, 4.69) is 10.3 Å². The lowest BCUT2D eigenvalue weighted by Crippen LogP contribution is -2.47. The predicted molar refractivity (Wildman–Crippen MR) is 98.3 cm³/mol. The van der Waals surface area contributed by atoms with E-state index in [0.717, 1.165) is 18.5 Å². The molecule has 0 saturated carbocycles. The zero-order chi connectivity index (χ0) is 18.8. The molecule has 4 heterocycles. The summed E-state index contributed by atoms with van der Waals surface area (Å²) < 4.78 is 13.0. The minimum absolute atomic E-state index is 0.0165. The van der Waals surface area contributed by atoms with Crippen LogP contribution in [0.5, 0.6) is 0 Å². The van der Waals surface area contributed by atoms with Crippen molar-refractivity contribution in [3.05, 3.63) is 60.2 Å². The van der Waals surface area contributed by atoms with Gasteiger partial charge in [-0.1, -0.05) is 6.07 Å². The van der Waals surface area contributed by atoms with Gasteiger partial charge in [-0.2, -0.15) is 0 Å². The quantitative estimate of drug-likeness (QED) is 0.906. The average molecular weight is 368 g/mol. The highest BCUT2D eigenvalue weighted by molar-refractivity contribution is 5.90. The second kappa shape index (κ2) is 7.34. The van der Waals surface area contributed by atoms with Gasteiger partial charge in [0.05, 0.1) is 18.2 Å². The Hall–Kier alpha value is -2.96. The van der Waals surface area contributed by atoms with Gasteiger partial charge in [-0.25, -0.2) is 9.18 Å². The van der Waals surface area contributed by atoms with Crippen molar-refractivity contribution >= 4 is 17.6 Å². The van der Waals surface area contributed by atoms with Gasteiger partial charge in [0.25, 0.3) is 0 Å². The first-order valence-corrected chi connectivity index (χ1v) is 9.12. The monoisotopic (exact) mass is 368 g/mol. The lowest BCUT2D eigenvalue weighted by Gasteiger charge is -2.35. The summed E-state index contributed by atoms with van der Waals surface area (Å²) in [6, 6.07) is 11.1. The number of nitrogens with one attached hydrogen (secondary N) is 1. The molecular weight excluding hydrogens is 347 g/mol. The fraction of sp³-hybridized carbons (Fsp3) is 0.350. The molecule has 3 aliphatic heterocycles. The Balaban J connectivity index is 1.47. The SMILES string of the molecule is O=C(Nc1ccc(F)cc1)N1C[C@H]2CC[C@@H](C1)N(Cc1ccccn1)C2=O. The fourth-order valence-corrected chi connectivity index (χ4v) is 3.82. The maximum atomic E-state index is 13.0. The second-order valence-electron chi connectivity index (χ2n) is 7.06. The molecule has 3 fully saturated rings. The van der Waals surface area contributed by atoms with E-state index < -0.39 is 0 Å². The van der Waals surface area contributed by atoms with Crippen LogP contribution in [0.4, 0.5) is 14.9 Å². The van der Waals surface area contributed by atoms with Crippen molar-refractivity contribution in [2.75, 3.05) is 18.4 Å². The van der Waals surface area contributed by atoms with Gasteiger partial charge in [0.15, 0.2) is 0 Å². The number of amides is 3. The van der Waals surface area contributed by atoms with E-state index in [-0.39, 0.29) is 29.7 Å². The fourth-order valence-electron chi connectivity index (χ4n) is 3.82. The van der Waals surface area contributed by atoms with Crippen molar-refractivity contribution < 1.29 is 14.0 Å². The standard InChI is InChI=1S/C20H21FN4O2/c21-15-5-7-16(8-6-15)23-20(27)24-11-14-4-9-18(13-24)25(19(14)26)12-17-3-1-2-10-22-17/h1-3,5-8,10,14,18H,4,9,11-13H2,(H,23,27)/t14-,18+/m1/s1. The molecule has 0 unspecified atom stereocenters. The molecule has 1 aromatic heterocycles. The number of anilines is 1. The summed E-state index contributed by atoms with van der Waals surface area (Å²) in [6.45, 7) is 1.36. The Labute approximate surface area is 157 Å². The van der Waals surface area contributed by atoms with Crippen molar-refractivity contribution in [2.45, 2.75) is 25.4 Å². The molecule has 3 saturated heterocycles. The number of benzene rings is 1. The van der Waals surface area contributed by atoms with Crippen LogP contribution < -0.4 is 5.32 Å². The smallest absolute Gasteiger partial charge is 0.321 e. The molecule has 3 amide bonds. The number of carbonyl (C=O) groups is 2. The van der Waals surface area contributed by atoms with Gasteiger partial charge in [-0.3, -0.25) is 9.78 Å². The van der Waals surface area contributed by atoms with Crippen LogP contribution >= 0.6 is 0 Å². The van der Waals surface area contributed by atoms with Gasteiger partial charge in [0.2, 0.25) is 5.91 Å². The maximum Gasteiger partial charge on any atom is 0.321 e. The first-order valence-electron chi connectivity index (χ1n) is 9.12. The number of urea groups is 1. The number of halogens is 1. The van der Waals surface area contributed by atoms with Crippen LogP contribution in [-0.4, -0.2) is 45.9 Å². The number of hydrogen-bond donors (Lipinski definition) is 1.